The monoisotopic (exact) mass is 313 g/mol. The third-order valence-corrected chi connectivity index (χ3v) is 5.78. The van der Waals surface area contributed by atoms with Gasteiger partial charge in [-0.25, -0.2) is 13.1 Å². The molecule has 0 saturated heterocycles. The molecule has 118 valence electrons. The number of hydrogen-bond acceptors (Lipinski definition) is 4. The van der Waals surface area contributed by atoms with Crippen molar-refractivity contribution in [3.05, 3.63) is 23.8 Å². The minimum Gasteiger partial charge on any atom is -0.497 e. The van der Waals surface area contributed by atoms with Gasteiger partial charge in [0, 0.05) is 13.2 Å². The largest absolute Gasteiger partial charge is 0.497 e. The lowest BCUT2D eigenvalue weighted by Crippen LogP contribution is -2.30. The first-order chi connectivity index (χ1) is 9.96. The van der Waals surface area contributed by atoms with E-state index in [1.165, 1.54) is 13.2 Å². The number of methoxy groups -OCH3 is 1. The minimum atomic E-state index is -3.56. The third kappa shape index (κ3) is 3.75. The van der Waals surface area contributed by atoms with E-state index in [1.807, 2.05) is 0 Å². The number of sulfonamides is 1. The van der Waals surface area contributed by atoms with Crippen molar-refractivity contribution in [2.75, 3.05) is 20.3 Å². The first-order valence-corrected chi connectivity index (χ1v) is 8.72. The molecule has 2 rings (SSSR count). The van der Waals surface area contributed by atoms with E-state index in [0.717, 1.165) is 19.3 Å². The molecule has 0 bridgehead atoms. The summed E-state index contributed by atoms with van der Waals surface area (Å²) in [6.45, 7) is 2.47. The average Bonchev–Trinajstić information content (AvgIpc) is 3.26. The van der Waals surface area contributed by atoms with Crippen LogP contribution in [0.1, 0.15) is 31.7 Å². The van der Waals surface area contributed by atoms with E-state index >= 15 is 0 Å². The van der Waals surface area contributed by atoms with Crippen LogP contribution in [-0.2, 0) is 16.4 Å². The van der Waals surface area contributed by atoms with Gasteiger partial charge < -0.3 is 9.84 Å². The molecule has 1 aliphatic carbocycles. The molecule has 0 spiro atoms. The summed E-state index contributed by atoms with van der Waals surface area (Å²) < 4.78 is 32.8. The molecular formula is C15H23NO4S. The van der Waals surface area contributed by atoms with Crippen molar-refractivity contribution in [2.45, 2.75) is 37.5 Å². The Morgan fingerprint density at radius 1 is 1.38 bits per heavy atom. The Morgan fingerprint density at radius 3 is 2.62 bits per heavy atom. The fourth-order valence-electron chi connectivity index (χ4n) is 2.42. The van der Waals surface area contributed by atoms with E-state index in [0.29, 0.717) is 17.9 Å². The van der Waals surface area contributed by atoms with Crippen LogP contribution in [0, 0.1) is 5.41 Å². The predicted octanol–water partition coefficient (Wildman–Crippen LogP) is 1.70. The minimum absolute atomic E-state index is 0.103. The lowest BCUT2D eigenvalue weighted by molar-refractivity contribution is 0.298. The van der Waals surface area contributed by atoms with Crippen LogP contribution in [0.4, 0.5) is 0 Å². The Balaban J connectivity index is 2.22. The number of hydrogen-bond donors (Lipinski definition) is 2. The van der Waals surface area contributed by atoms with Crippen molar-refractivity contribution in [3.63, 3.8) is 0 Å². The first kappa shape index (κ1) is 16.3. The number of rotatable bonds is 8. The zero-order valence-electron chi connectivity index (χ0n) is 12.6. The molecular weight excluding hydrogens is 290 g/mol. The Hall–Kier alpha value is -1.11. The first-order valence-electron chi connectivity index (χ1n) is 7.24. The highest BCUT2D eigenvalue weighted by molar-refractivity contribution is 7.89. The standard InChI is InChI=1S/C15H23NO4S/c1-3-15(7-8-15)11-16-21(18,19)14-5-4-13(20-2)10-12(14)6-9-17/h4-5,10,16-17H,3,6-9,11H2,1-2H3. The van der Waals surface area contributed by atoms with Crippen LogP contribution in [0.5, 0.6) is 5.75 Å². The third-order valence-electron chi connectivity index (χ3n) is 4.28. The van der Waals surface area contributed by atoms with Gasteiger partial charge in [0.1, 0.15) is 5.75 Å². The van der Waals surface area contributed by atoms with E-state index in [1.54, 1.807) is 12.1 Å². The number of nitrogens with one attached hydrogen (secondary N) is 1. The Morgan fingerprint density at radius 2 is 2.10 bits per heavy atom. The van der Waals surface area contributed by atoms with E-state index in [9.17, 15) is 8.42 Å². The van der Waals surface area contributed by atoms with Crippen LogP contribution in [0.2, 0.25) is 0 Å². The summed E-state index contributed by atoms with van der Waals surface area (Å²) in [5.41, 5.74) is 0.724. The molecule has 0 aliphatic heterocycles. The maximum absolute atomic E-state index is 12.5. The lowest BCUT2D eigenvalue weighted by Gasteiger charge is -2.16. The molecule has 21 heavy (non-hydrogen) atoms. The van der Waals surface area contributed by atoms with Gasteiger partial charge in [0.25, 0.3) is 0 Å². The van der Waals surface area contributed by atoms with Crippen LogP contribution in [0.15, 0.2) is 23.1 Å². The number of aliphatic hydroxyl groups is 1. The summed E-state index contributed by atoms with van der Waals surface area (Å²) in [7, 11) is -2.03. The van der Waals surface area contributed by atoms with Gasteiger partial charge in [0.05, 0.1) is 12.0 Å². The predicted molar refractivity (Wildman–Crippen MR) is 80.9 cm³/mol. The molecule has 6 heteroatoms. The Bertz CT molecular complexity index is 594. The van der Waals surface area contributed by atoms with Crippen LogP contribution in [-0.4, -0.2) is 33.8 Å². The molecule has 0 atom stereocenters. The highest BCUT2D eigenvalue weighted by Crippen LogP contribution is 2.48. The summed E-state index contributed by atoms with van der Waals surface area (Å²) >= 11 is 0. The van der Waals surface area contributed by atoms with E-state index in [2.05, 4.69) is 11.6 Å². The van der Waals surface area contributed by atoms with Gasteiger partial charge in [-0.1, -0.05) is 6.92 Å². The summed E-state index contributed by atoms with van der Waals surface area (Å²) in [6, 6.07) is 4.83. The van der Waals surface area contributed by atoms with Crippen molar-refractivity contribution in [1.82, 2.24) is 4.72 Å². The summed E-state index contributed by atoms with van der Waals surface area (Å²) in [5, 5.41) is 9.12. The molecule has 0 heterocycles. The van der Waals surface area contributed by atoms with E-state index in [4.69, 9.17) is 9.84 Å². The van der Waals surface area contributed by atoms with Gasteiger partial charge >= 0.3 is 0 Å². The highest BCUT2D eigenvalue weighted by atomic mass is 32.2. The fourth-order valence-corrected chi connectivity index (χ4v) is 3.82. The quantitative estimate of drug-likeness (QED) is 0.766. The number of aliphatic hydroxyl groups excluding tert-OH is 1. The second kappa shape index (κ2) is 6.34. The van der Waals surface area contributed by atoms with Crippen LogP contribution in [0.3, 0.4) is 0 Å². The molecule has 1 aromatic carbocycles. The van der Waals surface area contributed by atoms with Crippen molar-refractivity contribution >= 4 is 10.0 Å². The molecule has 0 radical (unpaired) electrons. The molecule has 2 N–H and O–H groups in total. The summed E-state index contributed by atoms with van der Waals surface area (Å²) in [6.07, 6.45) is 3.43. The second-order valence-corrected chi connectivity index (χ2v) is 7.36. The van der Waals surface area contributed by atoms with Crippen LogP contribution >= 0.6 is 0 Å². The van der Waals surface area contributed by atoms with E-state index in [-0.39, 0.29) is 23.3 Å². The molecule has 0 unspecified atom stereocenters. The maximum Gasteiger partial charge on any atom is 0.240 e. The number of ether oxygens (including phenoxy) is 1. The van der Waals surface area contributed by atoms with Gasteiger partial charge in [-0.3, -0.25) is 0 Å². The van der Waals surface area contributed by atoms with Gasteiger partial charge in [-0.15, -0.1) is 0 Å². The molecule has 1 aromatic rings. The summed E-state index contributed by atoms with van der Waals surface area (Å²) in [5.74, 6) is 0.588. The SMILES string of the molecule is CCC1(CNS(=O)(=O)c2ccc(OC)cc2CCO)CC1. The van der Waals surface area contributed by atoms with E-state index < -0.39 is 10.0 Å². The molecule has 1 saturated carbocycles. The zero-order valence-corrected chi connectivity index (χ0v) is 13.4. The van der Waals surface area contributed by atoms with Crippen LogP contribution in [0.25, 0.3) is 0 Å². The van der Waals surface area contributed by atoms with Gasteiger partial charge in [-0.2, -0.15) is 0 Å². The Kier molecular flexibility index (Phi) is 4.91. The highest BCUT2D eigenvalue weighted by Gasteiger charge is 2.41. The zero-order chi connectivity index (χ0) is 15.5. The average molecular weight is 313 g/mol. The second-order valence-electron chi connectivity index (χ2n) is 5.63. The van der Waals surface area contributed by atoms with Crippen molar-refractivity contribution in [2.24, 2.45) is 5.41 Å². The molecule has 5 nitrogen and oxygen atoms in total. The topological polar surface area (TPSA) is 75.6 Å². The van der Waals surface area contributed by atoms with Crippen molar-refractivity contribution in [3.8, 4) is 5.75 Å². The maximum atomic E-state index is 12.5. The lowest BCUT2D eigenvalue weighted by atomic mass is 10.1. The normalized spacial score (nSPS) is 16.7. The van der Waals surface area contributed by atoms with Crippen molar-refractivity contribution < 1.29 is 18.3 Å². The van der Waals surface area contributed by atoms with Gasteiger partial charge in [0.2, 0.25) is 10.0 Å². The van der Waals surface area contributed by atoms with Crippen molar-refractivity contribution in [1.29, 1.82) is 0 Å². The summed E-state index contributed by atoms with van der Waals surface area (Å²) in [4.78, 5) is 0.226. The smallest absolute Gasteiger partial charge is 0.240 e. The molecule has 1 aliphatic rings. The van der Waals surface area contributed by atoms with Crippen LogP contribution < -0.4 is 9.46 Å². The molecule has 0 amide bonds. The molecule has 1 fully saturated rings. The van der Waals surface area contributed by atoms with Gasteiger partial charge in [-0.05, 0) is 54.9 Å². The van der Waals surface area contributed by atoms with Gasteiger partial charge in [0.15, 0.2) is 0 Å². The fraction of sp³-hybridized carbons (Fsp3) is 0.600. The number of benzene rings is 1. The molecule has 0 aromatic heterocycles. The Labute approximate surface area is 126 Å².